The molecule has 0 amide bonds. The molecule has 0 fully saturated rings. The summed E-state index contributed by atoms with van der Waals surface area (Å²) in [6.07, 6.45) is 38.4. The Kier molecular flexibility index (Phi) is 45.3. The zero-order valence-electron chi connectivity index (χ0n) is 46.1. The van der Waals surface area contributed by atoms with Gasteiger partial charge in [-0.3, -0.25) is 14.4 Å². The summed E-state index contributed by atoms with van der Waals surface area (Å²) in [5.41, 5.74) is 0. The lowest BCUT2D eigenvalue weighted by molar-refractivity contribution is -0.169. The first-order valence-electron chi connectivity index (χ1n) is 28.6. The molecule has 0 saturated carbocycles. The van der Waals surface area contributed by atoms with Crippen molar-refractivity contribution in [1.82, 2.24) is 0 Å². The Bertz CT molecular complexity index is 1490. The molecule has 13 heteroatoms. The molecule has 0 aliphatic heterocycles. The fourth-order valence-electron chi connectivity index (χ4n) is 8.01. The lowest BCUT2D eigenvalue weighted by atomic mass is 10.1. The lowest BCUT2D eigenvalue weighted by Crippen LogP contribution is -2.29. The summed E-state index contributed by atoms with van der Waals surface area (Å²) in [4.78, 5) is 73.6. The molecule has 6 unspecified atom stereocenters. The van der Waals surface area contributed by atoms with Crippen molar-refractivity contribution in [3.63, 3.8) is 0 Å². The van der Waals surface area contributed by atoms with Gasteiger partial charge in [0.2, 0.25) is 0 Å². The maximum absolute atomic E-state index is 13.0. The van der Waals surface area contributed by atoms with Crippen LogP contribution in [0.15, 0.2) is 36.5 Å². The van der Waals surface area contributed by atoms with Crippen LogP contribution in [-0.2, 0) is 52.5 Å². The first kappa shape index (κ1) is 68.0. The second-order valence-electron chi connectivity index (χ2n) is 19.7. The number of carbonyl (C=O) groups is 6. The first-order valence-corrected chi connectivity index (χ1v) is 28.6. The van der Waals surface area contributed by atoms with Gasteiger partial charge < -0.3 is 33.9 Å². The number of carboxylic acids is 1. The summed E-state index contributed by atoms with van der Waals surface area (Å²) in [6.45, 7) is 11.0. The number of carboxylic acid groups (broad SMARTS) is 1. The Morgan fingerprint density at radius 3 is 1.01 bits per heavy atom. The first-order chi connectivity index (χ1) is 34.7. The van der Waals surface area contributed by atoms with E-state index in [4.69, 9.17) is 28.8 Å². The SMILES string of the molecule is CCCCCCC(/C=C\CCCCCCCC(=O)O)OC(=O)C(C)OC(=O)CCCCCCC/C=C\C(CCCCCC)OC(=O)C(C)OC(=O)CCCCCCC/C=C\C(CCCCC)OC(=O)C(C)O. The molecule has 416 valence electrons. The van der Waals surface area contributed by atoms with Gasteiger partial charge >= 0.3 is 35.8 Å². The summed E-state index contributed by atoms with van der Waals surface area (Å²) in [6, 6.07) is 0. The number of esters is 5. The van der Waals surface area contributed by atoms with Gasteiger partial charge in [0.1, 0.15) is 24.4 Å². The monoisotopic (exact) mass is 1020 g/mol. The maximum Gasteiger partial charge on any atom is 0.347 e. The fourth-order valence-corrected chi connectivity index (χ4v) is 8.01. The average Bonchev–Trinajstić information content (AvgIpc) is 3.34. The van der Waals surface area contributed by atoms with Crippen molar-refractivity contribution < 1.29 is 62.7 Å². The summed E-state index contributed by atoms with van der Waals surface area (Å²) in [5.74, 6) is -3.23. The number of aliphatic hydroxyl groups is 1. The van der Waals surface area contributed by atoms with Crippen molar-refractivity contribution >= 4 is 35.8 Å². The Hall–Kier alpha value is -4.00. The highest BCUT2D eigenvalue weighted by atomic mass is 16.6. The minimum atomic E-state index is -1.14. The molecule has 0 radical (unpaired) electrons. The molecule has 0 saturated heterocycles. The number of carbonyl (C=O) groups excluding carboxylic acids is 5. The molecule has 13 nitrogen and oxygen atoms in total. The number of rotatable bonds is 49. The van der Waals surface area contributed by atoms with Crippen molar-refractivity contribution in [2.75, 3.05) is 0 Å². The van der Waals surface area contributed by atoms with Crippen LogP contribution in [0.5, 0.6) is 0 Å². The molecule has 72 heavy (non-hydrogen) atoms. The highest BCUT2D eigenvalue weighted by Gasteiger charge is 2.24. The predicted octanol–water partition coefficient (Wildman–Crippen LogP) is 14.4. The Labute approximate surface area is 436 Å². The van der Waals surface area contributed by atoms with Crippen molar-refractivity contribution in [2.45, 2.75) is 303 Å². The van der Waals surface area contributed by atoms with Crippen molar-refractivity contribution in [2.24, 2.45) is 0 Å². The van der Waals surface area contributed by atoms with Gasteiger partial charge in [0.05, 0.1) is 0 Å². The number of hydrogen-bond acceptors (Lipinski definition) is 12. The van der Waals surface area contributed by atoms with Crippen LogP contribution >= 0.6 is 0 Å². The number of allylic oxidation sites excluding steroid dienone is 3. The molecular weight excluding hydrogens is 917 g/mol. The van der Waals surface area contributed by atoms with Gasteiger partial charge in [-0.25, -0.2) is 14.4 Å². The number of aliphatic carboxylic acids is 1. The van der Waals surface area contributed by atoms with Gasteiger partial charge in [0.25, 0.3) is 0 Å². The van der Waals surface area contributed by atoms with Crippen LogP contribution in [0.1, 0.15) is 266 Å². The standard InChI is InChI=1S/C59H102O13/c1-7-10-13-31-40-52(43-34-25-18-15-21-27-36-45-54(61)62)71-58(66)49(5)68-56(64)47-38-29-23-17-20-26-35-44-53(41-32-14-11-8-2)72-59(67)50(6)69-55(63)46-37-28-22-16-19-24-33-42-51(39-30-12-9-3)70-57(65)48(4)60/h33-35,42-44,48-53,60H,7-32,36-41,45-47H2,1-6H3,(H,61,62)/b42-33-,43-34-,44-35-. The van der Waals surface area contributed by atoms with Gasteiger partial charge in [0, 0.05) is 19.3 Å². The third-order valence-electron chi connectivity index (χ3n) is 12.5. The molecule has 0 aliphatic rings. The van der Waals surface area contributed by atoms with Crippen molar-refractivity contribution in [3.05, 3.63) is 36.5 Å². The predicted molar refractivity (Wildman–Crippen MR) is 286 cm³/mol. The van der Waals surface area contributed by atoms with Crippen LogP contribution in [0.3, 0.4) is 0 Å². The number of unbranched alkanes of at least 4 members (excludes halogenated alkanes) is 23. The third kappa shape index (κ3) is 42.5. The highest BCUT2D eigenvalue weighted by Crippen LogP contribution is 2.18. The van der Waals surface area contributed by atoms with E-state index in [1.165, 1.54) is 6.92 Å². The number of aliphatic hydroxyl groups excluding tert-OH is 1. The van der Waals surface area contributed by atoms with E-state index in [0.29, 0.717) is 25.7 Å². The van der Waals surface area contributed by atoms with Gasteiger partial charge in [0.15, 0.2) is 12.2 Å². The molecular formula is C59H102O13. The Morgan fingerprint density at radius 1 is 0.375 bits per heavy atom. The minimum Gasteiger partial charge on any atom is -0.481 e. The normalized spacial score (nSPS) is 14.2. The lowest BCUT2D eigenvalue weighted by Gasteiger charge is -2.18. The van der Waals surface area contributed by atoms with Gasteiger partial charge in [-0.15, -0.1) is 0 Å². The zero-order chi connectivity index (χ0) is 53.5. The zero-order valence-corrected chi connectivity index (χ0v) is 46.1. The molecule has 6 atom stereocenters. The summed E-state index contributed by atoms with van der Waals surface area (Å²) in [7, 11) is 0. The summed E-state index contributed by atoms with van der Waals surface area (Å²) >= 11 is 0. The van der Waals surface area contributed by atoms with Crippen LogP contribution in [-0.4, -0.2) is 82.7 Å². The Balaban J connectivity index is 4.58. The van der Waals surface area contributed by atoms with E-state index < -0.39 is 54.1 Å². The number of ether oxygens (including phenoxy) is 5. The van der Waals surface area contributed by atoms with E-state index in [0.717, 1.165) is 180 Å². The molecule has 2 N–H and O–H groups in total. The topological polar surface area (TPSA) is 189 Å². The van der Waals surface area contributed by atoms with E-state index in [1.54, 1.807) is 13.8 Å². The molecule has 0 rings (SSSR count). The van der Waals surface area contributed by atoms with Crippen molar-refractivity contribution in [3.8, 4) is 0 Å². The summed E-state index contributed by atoms with van der Waals surface area (Å²) < 4.78 is 27.9. The van der Waals surface area contributed by atoms with E-state index in [9.17, 15) is 33.9 Å². The average molecular weight is 1020 g/mol. The van der Waals surface area contributed by atoms with Crippen molar-refractivity contribution in [1.29, 1.82) is 0 Å². The molecule has 0 spiro atoms. The Morgan fingerprint density at radius 2 is 0.667 bits per heavy atom. The summed E-state index contributed by atoms with van der Waals surface area (Å²) in [5, 5.41) is 18.3. The minimum absolute atomic E-state index is 0.220. The smallest absolute Gasteiger partial charge is 0.347 e. The largest absolute Gasteiger partial charge is 0.481 e. The number of hydrogen-bond donors (Lipinski definition) is 2. The second-order valence-corrected chi connectivity index (χ2v) is 19.7. The van der Waals surface area contributed by atoms with Gasteiger partial charge in [-0.1, -0.05) is 148 Å². The van der Waals surface area contributed by atoms with Crippen LogP contribution in [0.2, 0.25) is 0 Å². The molecule has 0 aromatic rings. The van der Waals surface area contributed by atoms with Crippen LogP contribution in [0.4, 0.5) is 0 Å². The molecule has 0 bridgehead atoms. The van der Waals surface area contributed by atoms with Crippen LogP contribution < -0.4 is 0 Å². The van der Waals surface area contributed by atoms with Crippen LogP contribution in [0, 0.1) is 0 Å². The van der Waals surface area contributed by atoms with Gasteiger partial charge in [-0.05, 0) is 135 Å². The van der Waals surface area contributed by atoms with E-state index in [1.807, 2.05) is 24.3 Å². The second kappa shape index (κ2) is 48.0. The molecule has 0 aromatic heterocycles. The molecule has 0 aliphatic carbocycles. The maximum atomic E-state index is 13.0. The van der Waals surface area contributed by atoms with Gasteiger partial charge in [-0.2, -0.15) is 0 Å². The quantitative estimate of drug-likeness (QED) is 0.0254. The molecule has 0 aromatic carbocycles. The fraction of sp³-hybridized carbons (Fsp3) is 0.797. The van der Waals surface area contributed by atoms with E-state index in [2.05, 4.69) is 32.9 Å². The molecule has 0 heterocycles. The third-order valence-corrected chi connectivity index (χ3v) is 12.5. The van der Waals surface area contributed by atoms with Crippen LogP contribution in [0.25, 0.3) is 0 Å². The van der Waals surface area contributed by atoms with E-state index in [-0.39, 0.29) is 37.6 Å². The van der Waals surface area contributed by atoms with E-state index >= 15 is 0 Å². The highest BCUT2D eigenvalue weighted by molar-refractivity contribution is 5.80.